The molecule has 0 saturated carbocycles. The number of hydrogen-bond donors (Lipinski definition) is 2. The molecular formula is C20H17FN4OS2. The number of amides is 1. The third-order valence-electron chi connectivity index (χ3n) is 4.26. The molecule has 2 heterocycles. The van der Waals surface area contributed by atoms with Gasteiger partial charge in [-0.15, -0.1) is 10.2 Å². The van der Waals surface area contributed by atoms with Gasteiger partial charge in [0.05, 0.1) is 0 Å². The minimum Gasteiger partial charge on any atom is -0.361 e. The van der Waals surface area contributed by atoms with Gasteiger partial charge in [0.15, 0.2) is 4.34 Å². The van der Waals surface area contributed by atoms with Gasteiger partial charge >= 0.3 is 0 Å². The van der Waals surface area contributed by atoms with Crippen molar-refractivity contribution in [2.75, 3.05) is 5.32 Å². The summed E-state index contributed by atoms with van der Waals surface area (Å²) in [5.74, 6) is 0.132. The summed E-state index contributed by atoms with van der Waals surface area (Å²) >= 11 is 2.69. The Bertz CT molecular complexity index is 1110. The van der Waals surface area contributed by atoms with E-state index < -0.39 is 0 Å². The van der Waals surface area contributed by atoms with Gasteiger partial charge in [-0.1, -0.05) is 59.5 Å². The highest BCUT2D eigenvalue weighted by Gasteiger charge is 2.11. The Morgan fingerprint density at radius 3 is 2.82 bits per heavy atom. The molecular weight excluding hydrogens is 395 g/mol. The summed E-state index contributed by atoms with van der Waals surface area (Å²) in [6.45, 7) is 0. The molecule has 0 spiro atoms. The standard InChI is InChI=1S/C20H17FN4OS2/c21-16-7-3-1-5-14(16)12-27-20-25-24-19(28-20)23-18(26)10-9-13-11-22-17-8-4-2-6-15(13)17/h1-8,11,22H,9-10,12H2,(H,23,24,26). The van der Waals surface area contributed by atoms with E-state index in [-0.39, 0.29) is 11.7 Å². The molecule has 2 aromatic heterocycles. The van der Waals surface area contributed by atoms with Gasteiger partial charge in [-0.25, -0.2) is 4.39 Å². The van der Waals surface area contributed by atoms with Crippen molar-refractivity contribution in [2.24, 2.45) is 0 Å². The van der Waals surface area contributed by atoms with Crippen LogP contribution < -0.4 is 5.32 Å². The number of carbonyl (C=O) groups is 1. The number of thioether (sulfide) groups is 1. The summed E-state index contributed by atoms with van der Waals surface area (Å²) in [6.07, 6.45) is 2.95. The maximum atomic E-state index is 13.7. The summed E-state index contributed by atoms with van der Waals surface area (Å²) in [5, 5.41) is 12.4. The van der Waals surface area contributed by atoms with Crippen molar-refractivity contribution in [3.8, 4) is 0 Å². The first-order chi connectivity index (χ1) is 13.7. The summed E-state index contributed by atoms with van der Waals surface area (Å²) in [7, 11) is 0. The van der Waals surface area contributed by atoms with Gasteiger partial charge in [-0.05, 0) is 29.7 Å². The molecule has 4 aromatic rings. The predicted octanol–water partition coefficient (Wildman–Crippen LogP) is 5.02. The SMILES string of the molecule is O=C(CCc1c[nH]c2ccccc12)Nc1nnc(SCc2ccccc2F)s1. The molecule has 0 saturated heterocycles. The van der Waals surface area contributed by atoms with E-state index in [1.165, 1.54) is 29.2 Å². The van der Waals surface area contributed by atoms with Crippen molar-refractivity contribution in [3.05, 3.63) is 71.7 Å². The van der Waals surface area contributed by atoms with Crippen molar-refractivity contribution in [2.45, 2.75) is 22.9 Å². The summed E-state index contributed by atoms with van der Waals surface area (Å²) in [5.41, 5.74) is 2.80. The van der Waals surface area contributed by atoms with Crippen LogP contribution in [-0.2, 0) is 17.0 Å². The maximum absolute atomic E-state index is 13.7. The number of anilines is 1. The van der Waals surface area contributed by atoms with Gasteiger partial charge in [0.25, 0.3) is 0 Å². The topological polar surface area (TPSA) is 70.7 Å². The van der Waals surface area contributed by atoms with Crippen LogP contribution in [0, 0.1) is 5.82 Å². The number of H-pyrrole nitrogens is 1. The number of fused-ring (bicyclic) bond motifs is 1. The number of nitrogens with zero attached hydrogens (tertiary/aromatic N) is 2. The Kier molecular flexibility index (Phi) is 5.68. The number of para-hydroxylation sites is 1. The lowest BCUT2D eigenvalue weighted by atomic mass is 10.1. The molecule has 8 heteroatoms. The summed E-state index contributed by atoms with van der Waals surface area (Å²) in [4.78, 5) is 15.5. The van der Waals surface area contributed by atoms with E-state index in [2.05, 4.69) is 20.5 Å². The monoisotopic (exact) mass is 412 g/mol. The van der Waals surface area contributed by atoms with Gasteiger partial charge in [-0.2, -0.15) is 0 Å². The average Bonchev–Trinajstić information content (AvgIpc) is 3.32. The summed E-state index contributed by atoms with van der Waals surface area (Å²) in [6, 6.07) is 14.7. The highest BCUT2D eigenvalue weighted by Crippen LogP contribution is 2.29. The zero-order valence-electron chi connectivity index (χ0n) is 14.8. The molecule has 5 nitrogen and oxygen atoms in total. The number of aryl methyl sites for hydroxylation is 1. The van der Waals surface area contributed by atoms with Crippen LogP contribution in [0.2, 0.25) is 0 Å². The second-order valence-electron chi connectivity index (χ2n) is 6.16. The van der Waals surface area contributed by atoms with Crippen molar-refractivity contribution in [1.29, 1.82) is 0 Å². The number of halogens is 1. The van der Waals surface area contributed by atoms with E-state index >= 15 is 0 Å². The molecule has 0 fully saturated rings. The first-order valence-electron chi connectivity index (χ1n) is 8.73. The van der Waals surface area contributed by atoms with Crippen molar-refractivity contribution >= 4 is 45.0 Å². The third kappa shape index (κ3) is 4.40. The van der Waals surface area contributed by atoms with Crippen LogP contribution in [0.25, 0.3) is 10.9 Å². The van der Waals surface area contributed by atoms with Crippen LogP contribution in [0.15, 0.2) is 59.1 Å². The molecule has 1 amide bonds. The van der Waals surface area contributed by atoms with Crippen LogP contribution >= 0.6 is 23.1 Å². The quantitative estimate of drug-likeness (QED) is 0.330. The molecule has 2 aromatic carbocycles. The second-order valence-corrected chi connectivity index (χ2v) is 8.36. The zero-order chi connectivity index (χ0) is 19.3. The van der Waals surface area contributed by atoms with Gasteiger partial charge in [0.1, 0.15) is 5.82 Å². The Morgan fingerprint density at radius 1 is 1.11 bits per heavy atom. The van der Waals surface area contributed by atoms with Crippen molar-refractivity contribution in [3.63, 3.8) is 0 Å². The largest absolute Gasteiger partial charge is 0.361 e. The molecule has 28 heavy (non-hydrogen) atoms. The first kappa shape index (κ1) is 18.6. The molecule has 0 aliphatic carbocycles. The first-order valence-corrected chi connectivity index (χ1v) is 10.5. The van der Waals surface area contributed by atoms with E-state index in [9.17, 15) is 9.18 Å². The molecule has 0 atom stereocenters. The van der Waals surface area contributed by atoms with E-state index in [0.717, 1.165) is 16.5 Å². The average molecular weight is 413 g/mol. The fraction of sp³-hybridized carbons (Fsp3) is 0.150. The highest BCUT2D eigenvalue weighted by molar-refractivity contribution is 8.00. The molecule has 2 N–H and O–H groups in total. The number of nitrogens with one attached hydrogen (secondary N) is 2. The minimum atomic E-state index is -0.231. The Balaban J connectivity index is 1.30. The van der Waals surface area contributed by atoms with Gasteiger partial charge in [0.2, 0.25) is 11.0 Å². The number of benzene rings is 2. The highest BCUT2D eigenvalue weighted by atomic mass is 32.2. The number of rotatable bonds is 7. The lowest BCUT2D eigenvalue weighted by Crippen LogP contribution is -2.12. The Hall–Kier alpha value is -2.71. The van der Waals surface area contributed by atoms with Crippen LogP contribution in [0.1, 0.15) is 17.5 Å². The number of hydrogen-bond acceptors (Lipinski definition) is 5. The van der Waals surface area contributed by atoms with Crippen molar-refractivity contribution < 1.29 is 9.18 Å². The van der Waals surface area contributed by atoms with Crippen LogP contribution in [-0.4, -0.2) is 21.1 Å². The lowest BCUT2D eigenvalue weighted by Gasteiger charge is -2.01. The minimum absolute atomic E-state index is 0.105. The molecule has 0 aliphatic heterocycles. The van der Waals surface area contributed by atoms with Crippen molar-refractivity contribution in [1.82, 2.24) is 15.2 Å². The van der Waals surface area contributed by atoms with Crippen LogP contribution in [0.4, 0.5) is 9.52 Å². The molecule has 0 radical (unpaired) electrons. The normalized spacial score (nSPS) is 11.0. The van der Waals surface area contributed by atoms with E-state index in [1.807, 2.05) is 30.5 Å². The molecule has 142 valence electrons. The van der Waals surface area contributed by atoms with E-state index in [1.54, 1.807) is 18.2 Å². The Morgan fingerprint density at radius 2 is 1.93 bits per heavy atom. The number of carbonyl (C=O) groups excluding carboxylic acids is 1. The fourth-order valence-electron chi connectivity index (χ4n) is 2.84. The van der Waals surface area contributed by atoms with Crippen LogP contribution in [0.3, 0.4) is 0 Å². The van der Waals surface area contributed by atoms with E-state index in [0.29, 0.717) is 33.6 Å². The molecule has 0 unspecified atom stereocenters. The van der Waals surface area contributed by atoms with Crippen LogP contribution in [0.5, 0.6) is 0 Å². The smallest absolute Gasteiger partial charge is 0.226 e. The Labute approximate surface area is 169 Å². The van der Waals surface area contributed by atoms with Gasteiger partial charge in [0, 0.05) is 29.3 Å². The lowest BCUT2D eigenvalue weighted by molar-refractivity contribution is -0.116. The second kappa shape index (κ2) is 8.53. The van der Waals surface area contributed by atoms with E-state index in [4.69, 9.17) is 0 Å². The van der Waals surface area contributed by atoms with Gasteiger partial charge in [-0.3, -0.25) is 4.79 Å². The van der Waals surface area contributed by atoms with Gasteiger partial charge < -0.3 is 10.3 Å². The maximum Gasteiger partial charge on any atom is 0.226 e. The summed E-state index contributed by atoms with van der Waals surface area (Å²) < 4.78 is 14.4. The fourth-order valence-corrected chi connectivity index (χ4v) is 4.60. The number of aromatic nitrogens is 3. The molecule has 0 bridgehead atoms. The third-order valence-corrected chi connectivity index (χ3v) is 6.28. The molecule has 4 rings (SSSR count). The zero-order valence-corrected chi connectivity index (χ0v) is 16.4. The number of aromatic amines is 1. The predicted molar refractivity (Wildman–Crippen MR) is 111 cm³/mol. The molecule has 0 aliphatic rings.